The van der Waals surface area contributed by atoms with Crippen molar-refractivity contribution in [3.63, 3.8) is 0 Å². The van der Waals surface area contributed by atoms with E-state index in [0.29, 0.717) is 17.3 Å². The Labute approximate surface area is 198 Å². The molecule has 7 nitrogen and oxygen atoms in total. The van der Waals surface area contributed by atoms with Crippen LogP contribution in [0.4, 0.5) is 4.79 Å². The Morgan fingerprint density at radius 2 is 1.88 bits per heavy atom. The van der Waals surface area contributed by atoms with E-state index in [1.807, 2.05) is 48.5 Å². The summed E-state index contributed by atoms with van der Waals surface area (Å²) >= 11 is 6.54. The van der Waals surface area contributed by atoms with E-state index in [1.165, 1.54) is 6.20 Å². The second-order valence-corrected chi connectivity index (χ2v) is 9.03. The summed E-state index contributed by atoms with van der Waals surface area (Å²) in [5.74, 6) is -0.370. The van der Waals surface area contributed by atoms with Crippen LogP contribution in [0, 0.1) is 0 Å². The molecular weight excluding hydrogens is 444 g/mol. The van der Waals surface area contributed by atoms with Gasteiger partial charge in [-0.1, -0.05) is 54.1 Å². The van der Waals surface area contributed by atoms with Crippen molar-refractivity contribution in [1.29, 1.82) is 0 Å². The van der Waals surface area contributed by atoms with Crippen LogP contribution in [0.2, 0.25) is 5.02 Å². The van der Waals surface area contributed by atoms with Gasteiger partial charge in [0.15, 0.2) is 5.89 Å². The molecule has 0 saturated carbocycles. The number of hydrogen-bond donors (Lipinski definition) is 1. The second-order valence-electron chi connectivity index (χ2n) is 8.62. The topological polar surface area (TPSA) is 92.9 Å². The van der Waals surface area contributed by atoms with E-state index in [9.17, 15) is 9.59 Å². The quantitative estimate of drug-likeness (QED) is 0.460. The zero-order chi connectivity index (χ0) is 24.0. The summed E-state index contributed by atoms with van der Waals surface area (Å²) in [6, 6.07) is 15.5. The number of hydrogen-bond acceptors (Lipinski definition) is 5. The molecular formula is C25H27ClN2O5. The van der Waals surface area contributed by atoms with Crippen molar-refractivity contribution in [2.75, 3.05) is 6.54 Å². The first kappa shape index (κ1) is 24.3. The highest BCUT2D eigenvalue weighted by molar-refractivity contribution is 6.33. The van der Waals surface area contributed by atoms with Crippen molar-refractivity contribution in [3.8, 4) is 11.1 Å². The van der Waals surface area contributed by atoms with Gasteiger partial charge in [-0.3, -0.25) is 4.79 Å². The third-order valence-electron chi connectivity index (χ3n) is 4.67. The highest BCUT2D eigenvalue weighted by Gasteiger charge is 2.23. The number of benzene rings is 2. The van der Waals surface area contributed by atoms with E-state index in [2.05, 4.69) is 4.98 Å². The number of oxazole rings is 1. The van der Waals surface area contributed by atoms with Crippen molar-refractivity contribution in [2.24, 2.45) is 0 Å². The van der Waals surface area contributed by atoms with Gasteiger partial charge in [0.25, 0.3) is 0 Å². The summed E-state index contributed by atoms with van der Waals surface area (Å²) in [6.07, 6.45) is 0.996. The number of halogens is 1. The Balaban J connectivity index is 1.75. The number of ether oxygens (including phenoxy) is 1. The first-order valence-electron chi connectivity index (χ1n) is 10.6. The molecule has 3 rings (SSSR count). The minimum Gasteiger partial charge on any atom is -0.481 e. The molecule has 2 aromatic carbocycles. The number of carbonyl (C=O) groups excluding carboxylic acids is 1. The summed E-state index contributed by atoms with van der Waals surface area (Å²) < 4.78 is 11.0. The van der Waals surface area contributed by atoms with Gasteiger partial charge in [0, 0.05) is 30.1 Å². The lowest BCUT2D eigenvalue weighted by Gasteiger charge is -2.27. The largest absolute Gasteiger partial charge is 0.481 e. The Morgan fingerprint density at radius 1 is 1.15 bits per heavy atom. The van der Waals surface area contributed by atoms with Crippen LogP contribution >= 0.6 is 11.6 Å². The second kappa shape index (κ2) is 10.5. The third kappa shape index (κ3) is 7.36. The first-order valence-corrected chi connectivity index (χ1v) is 11.0. The summed E-state index contributed by atoms with van der Waals surface area (Å²) in [6.45, 7) is 5.98. The molecule has 33 heavy (non-hydrogen) atoms. The molecule has 0 atom stereocenters. The van der Waals surface area contributed by atoms with E-state index in [0.717, 1.165) is 16.7 Å². The molecule has 1 aromatic heterocycles. The molecule has 0 unspecified atom stereocenters. The van der Waals surface area contributed by atoms with E-state index >= 15 is 0 Å². The average molecular weight is 471 g/mol. The van der Waals surface area contributed by atoms with Crippen molar-refractivity contribution in [2.45, 2.75) is 45.8 Å². The molecule has 1 heterocycles. The summed E-state index contributed by atoms with van der Waals surface area (Å²) in [4.78, 5) is 29.4. The van der Waals surface area contributed by atoms with Gasteiger partial charge in [0.2, 0.25) is 0 Å². The molecule has 0 radical (unpaired) electrons. The number of carboxylic acids is 1. The number of carbonyl (C=O) groups is 2. The minimum atomic E-state index is -0.996. The monoisotopic (exact) mass is 470 g/mol. The fraction of sp³-hybridized carbons (Fsp3) is 0.320. The lowest BCUT2D eigenvalue weighted by Crippen LogP contribution is -2.37. The van der Waals surface area contributed by atoms with Gasteiger partial charge in [0.05, 0.1) is 6.20 Å². The van der Waals surface area contributed by atoms with Gasteiger partial charge in [-0.15, -0.1) is 0 Å². The van der Waals surface area contributed by atoms with Crippen LogP contribution in [0.25, 0.3) is 11.1 Å². The van der Waals surface area contributed by atoms with Crippen LogP contribution in [0.1, 0.15) is 38.0 Å². The highest BCUT2D eigenvalue weighted by atomic mass is 35.5. The molecule has 0 aliphatic rings. The van der Waals surface area contributed by atoms with Crippen molar-refractivity contribution < 1.29 is 23.8 Å². The zero-order valence-electron chi connectivity index (χ0n) is 18.9. The van der Waals surface area contributed by atoms with E-state index in [4.69, 9.17) is 25.9 Å². The molecule has 0 aliphatic heterocycles. The van der Waals surface area contributed by atoms with Crippen LogP contribution in [0.5, 0.6) is 0 Å². The van der Waals surface area contributed by atoms with Crippen molar-refractivity contribution in [1.82, 2.24) is 9.88 Å². The van der Waals surface area contributed by atoms with Crippen molar-refractivity contribution in [3.05, 3.63) is 77.0 Å². The van der Waals surface area contributed by atoms with E-state index in [-0.39, 0.29) is 25.3 Å². The fourth-order valence-electron chi connectivity index (χ4n) is 3.22. The number of carboxylic acid groups (broad SMARTS) is 1. The molecule has 0 spiro atoms. The van der Waals surface area contributed by atoms with Crippen LogP contribution in [0.15, 0.2) is 59.1 Å². The summed E-state index contributed by atoms with van der Waals surface area (Å²) in [5, 5.41) is 9.48. The lowest BCUT2D eigenvalue weighted by molar-refractivity contribution is -0.136. The normalized spacial score (nSPS) is 11.3. The maximum atomic E-state index is 12.9. The fourth-order valence-corrected chi connectivity index (χ4v) is 3.53. The maximum absolute atomic E-state index is 12.9. The van der Waals surface area contributed by atoms with E-state index in [1.54, 1.807) is 25.7 Å². The van der Waals surface area contributed by atoms with Gasteiger partial charge < -0.3 is 19.2 Å². The Morgan fingerprint density at radius 3 is 2.52 bits per heavy atom. The maximum Gasteiger partial charge on any atom is 0.410 e. The number of nitrogens with zero attached hydrogens (tertiary/aromatic N) is 2. The molecule has 1 N–H and O–H groups in total. The summed E-state index contributed by atoms with van der Waals surface area (Å²) in [7, 11) is 0. The molecule has 0 fully saturated rings. The Hall–Kier alpha value is -3.32. The molecule has 0 bridgehead atoms. The SMILES string of the molecule is CC(C)(C)OC(=O)N(CCc1ncc(CC(=O)O)o1)Cc1ccc(-c2ccccc2)c(Cl)c1. The smallest absolute Gasteiger partial charge is 0.410 e. The van der Waals surface area contributed by atoms with Gasteiger partial charge >= 0.3 is 12.1 Å². The number of aliphatic carboxylic acids is 1. The van der Waals surface area contributed by atoms with E-state index < -0.39 is 17.7 Å². The first-order chi connectivity index (χ1) is 15.6. The molecule has 3 aromatic rings. The number of aromatic nitrogens is 1. The minimum absolute atomic E-state index is 0.241. The number of amides is 1. The van der Waals surface area contributed by atoms with Gasteiger partial charge in [-0.05, 0) is 38.0 Å². The Kier molecular flexibility index (Phi) is 7.76. The van der Waals surface area contributed by atoms with Crippen LogP contribution in [-0.2, 0) is 28.9 Å². The van der Waals surface area contributed by atoms with Crippen LogP contribution < -0.4 is 0 Å². The standard InChI is InChI=1S/C25H27ClN2O5/c1-25(2,3)33-24(31)28(12-11-22-27-15-19(32-22)14-23(29)30)16-17-9-10-20(21(26)13-17)18-7-5-4-6-8-18/h4-10,13,15H,11-12,14,16H2,1-3H3,(H,29,30). The molecule has 1 amide bonds. The van der Waals surface area contributed by atoms with Gasteiger partial charge in [0.1, 0.15) is 17.8 Å². The van der Waals surface area contributed by atoms with Crippen LogP contribution in [0.3, 0.4) is 0 Å². The van der Waals surface area contributed by atoms with Gasteiger partial charge in [-0.2, -0.15) is 0 Å². The third-order valence-corrected chi connectivity index (χ3v) is 4.98. The number of rotatable bonds is 8. The average Bonchev–Trinajstić information content (AvgIpc) is 3.17. The van der Waals surface area contributed by atoms with Crippen molar-refractivity contribution >= 4 is 23.7 Å². The Bertz CT molecular complexity index is 1110. The molecule has 0 saturated heterocycles. The summed E-state index contributed by atoms with van der Waals surface area (Å²) in [5.41, 5.74) is 2.13. The molecule has 8 heteroatoms. The molecule has 174 valence electrons. The predicted molar refractivity (Wildman–Crippen MR) is 125 cm³/mol. The van der Waals surface area contributed by atoms with Gasteiger partial charge in [-0.25, -0.2) is 9.78 Å². The predicted octanol–water partition coefficient (Wildman–Crippen LogP) is 5.60. The highest BCUT2D eigenvalue weighted by Crippen LogP contribution is 2.29. The zero-order valence-corrected chi connectivity index (χ0v) is 19.6. The lowest BCUT2D eigenvalue weighted by atomic mass is 10.0. The molecule has 0 aliphatic carbocycles. The van der Waals surface area contributed by atoms with Crippen LogP contribution in [-0.4, -0.2) is 39.2 Å².